The zero-order valence-corrected chi connectivity index (χ0v) is 10.3. The van der Waals surface area contributed by atoms with Crippen molar-refractivity contribution >= 4 is 22.7 Å². The predicted molar refractivity (Wildman–Crippen MR) is 74.3 cm³/mol. The van der Waals surface area contributed by atoms with E-state index in [1.165, 1.54) is 0 Å². The summed E-state index contributed by atoms with van der Waals surface area (Å²) in [5, 5.41) is 9.03. The summed E-state index contributed by atoms with van der Waals surface area (Å²) in [6, 6.07) is 11.9. The van der Waals surface area contributed by atoms with Crippen LogP contribution in [-0.2, 0) is 0 Å². The molecule has 0 radical (unpaired) electrons. The third-order valence-corrected chi connectivity index (χ3v) is 3.03. The molecule has 0 bridgehead atoms. The van der Waals surface area contributed by atoms with Gasteiger partial charge in [-0.3, -0.25) is 4.57 Å². The van der Waals surface area contributed by atoms with Crippen LogP contribution in [0.2, 0.25) is 0 Å². The smallest absolute Gasteiger partial charge is 0.335 e. The van der Waals surface area contributed by atoms with E-state index in [0.29, 0.717) is 11.2 Å². The number of carbonyl (C=O) groups is 1. The Kier molecular flexibility index (Phi) is 2.70. The second-order valence-electron chi connectivity index (χ2n) is 4.25. The van der Waals surface area contributed by atoms with Crippen molar-refractivity contribution in [1.82, 2.24) is 9.55 Å². The van der Waals surface area contributed by atoms with E-state index >= 15 is 0 Å². The number of carboxylic acids is 1. The van der Waals surface area contributed by atoms with E-state index in [1.807, 2.05) is 12.1 Å². The minimum absolute atomic E-state index is 0.224. The molecule has 1 N–H and O–H groups in total. The van der Waals surface area contributed by atoms with Gasteiger partial charge in [-0.15, -0.1) is 0 Å². The standard InChI is InChI=1S/C15H9N3O2/c1-16-11-5-6-14-13(8-11)17-9-18(14)12-4-2-3-10(7-12)15(19)20/h2-9H,(H,19,20). The Balaban J connectivity index is 2.18. The fourth-order valence-electron chi connectivity index (χ4n) is 2.07. The van der Waals surface area contributed by atoms with Gasteiger partial charge in [0, 0.05) is 5.69 Å². The van der Waals surface area contributed by atoms with E-state index in [0.717, 1.165) is 11.2 Å². The van der Waals surface area contributed by atoms with E-state index < -0.39 is 5.97 Å². The highest BCUT2D eigenvalue weighted by Crippen LogP contribution is 2.23. The van der Waals surface area contributed by atoms with Crippen LogP contribution >= 0.6 is 0 Å². The lowest BCUT2D eigenvalue weighted by atomic mass is 10.2. The quantitative estimate of drug-likeness (QED) is 0.722. The van der Waals surface area contributed by atoms with Crippen LogP contribution in [0, 0.1) is 6.57 Å². The van der Waals surface area contributed by atoms with Gasteiger partial charge in [0.2, 0.25) is 0 Å². The fourth-order valence-corrected chi connectivity index (χ4v) is 2.07. The van der Waals surface area contributed by atoms with Crippen molar-refractivity contribution in [2.24, 2.45) is 0 Å². The van der Waals surface area contributed by atoms with Crippen LogP contribution in [0.15, 0.2) is 48.8 Å². The van der Waals surface area contributed by atoms with Crippen LogP contribution in [-0.4, -0.2) is 20.6 Å². The molecular formula is C15H9N3O2. The Morgan fingerprint density at radius 3 is 2.85 bits per heavy atom. The lowest BCUT2D eigenvalue weighted by Crippen LogP contribution is -1.99. The third kappa shape index (κ3) is 1.89. The van der Waals surface area contributed by atoms with Crippen LogP contribution in [0.25, 0.3) is 21.6 Å². The predicted octanol–water partition coefficient (Wildman–Crippen LogP) is 3.27. The molecule has 0 atom stereocenters. The molecule has 1 aromatic heterocycles. The van der Waals surface area contributed by atoms with Crippen molar-refractivity contribution in [2.45, 2.75) is 0 Å². The number of aromatic nitrogens is 2. The minimum Gasteiger partial charge on any atom is -0.478 e. The highest BCUT2D eigenvalue weighted by molar-refractivity contribution is 5.88. The normalized spacial score (nSPS) is 10.3. The summed E-state index contributed by atoms with van der Waals surface area (Å²) < 4.78 is 1.80. The summed E-state index contributed by atoms with van der Waals surface area (Å²) in [6.07, 6.45) is 1.62. The van der Waals surface area contributed by atoms with Crippen LogP contribution in [0.4, 0.5) is 5.69 Å². The first-order valence-electron chi connectivity index (χ1n) is 5.87. The molecule has 96 valence electrons. The Labute approximate surface area is 114 Å². The van der Waals surface area contributed by atoms with Crippen molar-refractivity contribution in [3.63, 3.8) is 0 Å². The lowest BCUT2D eigenvalue weighted by Gasteiger charge is -2.05. The maximum absolute atomic E-state index is 11.0. The van der Waals surface area contributed by atoms with E-state index in [1.54, 1.807) is 41.2 Å². The molecule has 1 heterocycles. The van der Waals surface area contributed by atoms with Gasteiger partial charge in [0.05, 0.1) is 23.2 Å². The molecule has 3 aromatic rings. The van der Waals surface area contributed by atoms with Gasteiger partial charge in [-0.05, 0) is 30.3 Å². The molecule has 3 rings (SSSR count). The average Bonchev–Trinajstić information content (AvgIpc) is 2.90. The molecule has 0 unspecified atom stereocenters. The van der Waals surface area contributed by atoms with Crippen molar-refractivity contribution in [3.05, 3.63) is 65.8 Å². The van der Waals surface area contributed by atoms with Crippen molar-refractivity contribution in [3.8, 4) is 5.69 Å². The average molecular weight is 263 g/mol. The van der Waals surface area contributed by atoms with Crippen molar-refractivity contribution in [1.29, 1.82) is 0 Å². The molecule has 5 heteroatoms. The summed E-state index contributed by atoms with van der Waals surface area (Å²) in [4.78, 5) is 18.6. The molecule has 0 fully saturated rings. The van der Waals surface area contributed by atoms with Gasteiger partial charge in [0.1, 0.15) is 6.33 Å². The Morgan fingerprint density at radius 1 is 1.25 bits per heavy atom. The maximum atomic E-state index is 11.0. The first-order valence-corrected chi connectivity index (χ1v) is 5.87. The SMILES string of the molecule is [C-]#[N+]c1ccc2c(c1)ncn2-c1cccc(C(=O)O)c1. The van der Waals surface area contributed by atoms with Crippen molar-refractivity contribution < 1.29 is 9.90 Å². The molecule has 5 nitrogen and oxygen atoms in total. The zero-order chi connectivity index (χ0) is 14.1. The summed E-state index contributed by atoms with van der Waals surface area (Å²) >= 11 is 0. The first-order chi connectivity index (χ1) is 9.69. The third-order valence-electron chi connectivity index (χ3n) is 3.03. The number of fused-ring (bicyclic) bond motifs is 1. The number of hydrogen-bond donors (Lipinski definition) is 1. The summed E-state index contributed by atoms with van der Waals surface area (Å²) in [5.41, 5.74) is 3.02. The van der Waals surface area contributed by atoms with E-state index in [2.05, 4.69) is 9.83 Å². The number of imidazole rings is 1. The molecule has 0 saturated carbocycles. The number of nitrogens with zero attached hydrogens (tertiary/aromatic N) is 3. The summed E-state index contributed by atoms with van der Waals surface area (Å²) in [5.74, 6) is -0.966. The van der Waals surface area contributed by atoms with Gasteiger partial charge in [-0.1, -0.05) is 12.1 Å². The van der Waals surface area contributed by atoms with E-state index in [-0.39, 0.29) is 5.56 Å². The number of carboxylic acid groups (broad SMARTS) is 1. The molecule has 2 aromatic carbocycles. The summed E-state index contributed by atoms with van der Waals surface area (Å²) in [6.45, 7) is 6.99. The minimum atomic E-state index is -0.966. The van der Waals surface area contributed by atoms with Crippen LogP contribution in [0.1, 0.15) is 10.4 Å². The molecule has 0 amide bonds. The largest absolute Gasteiger partial charge is 0.478 e. The fraction of sp³-hybridized carbons (Fsp3) is 0. The van der Waals surface area contributed by atoms with E-state index in [4.69, 9.17) is 11.7 Å². The molecule has 20 heavy (non-hydrogen) atoms. The highest BCUT2D eigenvalue weighted by Gasteiger charge is 2.08. The van der Waals surface area contributed by atoms with E-state index in [9.17, 15) is 4.79 Å². The molecule has 0 spiro atoms. The van der Waals surface area contributed by atoms with Crippen LogP contribution in [0.3, 0.4) is 0 Å². The Bertz CT molecular complexity index is 859. The molecule has 0 aliphatic rings. The Morgan fingerprint density at radius 2 is 2.10 bits per heavy atom. The lowest BCUT2D eigenvalue weighted by molar-refractivity contribution is 0.0697. The zero-order valence-electron chi connectivity index (χ0n) is 10.3. The number of rotatable bonds is 2. The second-order valence-corrected chi connectivity index (χ2v) is 4.25. The molecule has 0 saturated heterocycles. The van der Waals surface area contributed by atoms with Gasteiger partial charge in [0.15, 0.2) is 5.69 Å². The number of aromatic carboxylic acids is 1. The van der Waals surface area contributed by atoms with Gasteiger partial charge in [-0.2, -0.15) is 0 Å². The van der Waals surface area contributed by atoms with Gasteiger partial charge in [0.25, 0.3) is 0 Å². The van der Waals surface area contributed by atoms with Gasteiger partial charge >= 0.3 is 5.97 Å². The molecule has 0 aliphatic carbocycles. The van der Waals surface area contributed by atoms with Gasteiger partial charge in [-0.25, -0.2) is 14.6 Å². The molecule has 0 aliphatic heterocycles. The second kappa shape index (κ2) is 4.52. The van der Waals surface area contributed by atoms with Crippen molar-refractivity contribution in [2.75, 3.05) is 0 Å². The van der Waals surface area contributed by atoms with Crippen LogP contribution in [0.5, 0.6) is 0 Å². The topological polar surface area (TPSA) is 59.5 Å². The van der Waals surface area contributed by atoms with Crippen LogP contribution < -0.4 is 0 Å². The van der Waals surface area contributed by atoms with Gasteiger partial charge < -0.3 is 5.11 Å². The monoisotopic (exact) mass is 263 g/mol. The summed E-state index contributed by atoms with van der Waals surface area (Å²) in [7, 11) is 0. The Hall–Kier alpha value is -3.13. The first kappa shape index (κ1) is 11.9. The maximum Gasteiger partial charge on any atom is 0.335 e. The number of hydrogen-bond acceptors (Lipinski definition) is 2. The highest BCUT2D eigenvalue weighted by atomic mass is 16.4. The molecular weight excluding hydrogens is 254 g/mol. The number of benzene rings is 2.